The Hall–Kier alpha value is -2.18. The summed E-state index contributed by atoms with van der Waals surface area (Å²) >= 11 is 0. The Kier molecular flexibility index (Phi) is 3.40. The van der Waals surface area contributed by atoms with Crippen LogP contribution in [-0.2, 0) is 13.2 Å². The fraction of sp³-hybridized carbons (Fsp3) is 0.167. The quantitative estimate of drug-likeness (QED) is 0.683. The Morgan fingerprint density at radius 2 is 1.67 bits per heavy atom. The molecule has 1 heterocycles. The molecule has 3 N–H and O–H groups in total. The number of hydrogen-bond acceptors (Lipinski definition) is 4. The second kappa shape index (κ2) is 4.99. The number of nitrogens with zero attached hydrogens (tertiary/aromatic N) is 1. The molecule has 6 heteroatoms. The first kappa shape index (κ1) is 12.3. The number of hydrogen-bond donors (Lipinski definition) is 3. The molecule has 2 aromatic rings. The van der Waals surface area contributed by atoms with Crippen molar-refractivity contribution in [3.05, 3.63) is 62.4 Å². The molecule has 0 saturated carbocycles. The second-order valence-corrected chi connectivity index (χ2v) is 3.80. The molecule has 0 spiro atoms. The largest absolute Gasteiger partial charge is 0.392 e. The minimum atomic E-state index is -0.568. The van der Waals surface area contributed by atoms with E-state index in [1.165, 1.54) is 16.8 Å². The zero-order valence-corrected chi connectivity index (χ0v) is 9.46. The number of nitrogens with one attached hydrogen (secondary N) is 1. The number of aromatic amines is 1. The van der Waals surface area contributed by atoms with Gasteiger partial charge in [0.25, 0.3) is 5.56 Å². The van der Waals surface area contributed by atoms with E-state index >= 15 is 0 Å². The molecule has 18 heavy (non-hydrogen) atoms. The van der Waals surface area contributed by atoms with Crippen LogP contribution in [0.5, 0.6) is 0 Å². The lowest BCUT2D eigenvalue weighted by Gasteiger charge is -2.08. The van der Waals surface area contributed by atoms with Crippen molar-refractivity contribution in [3.63, 3.8) is 0 Å². The Labute approximate surface area is 102 Å². The molecular weight excluding hydrogens is 236 g/mol. The summed E-state index contributed by atoms with van der Waals surface area (Å²) in [6.07, 6.45) is 1.35. The number of benzene rings is 1. The maximum Gasteiger partial charge on any atom is 0.332 e. The van der Waals surface area contributed by atoms with Crippen molar-refractivity contribution in [1.82, 2.24) is 9.55 Å². The summed E-state index contributed by atoms with van der Waals surface area (Å²) in [6, 6.07) is 6.09. The van der Waals surface area contributed by atoms with Crippen LogP contribution in [0.1, 0.15) is 11.1 Å². The average molecular weight is 248 g/mol. The SMILES string of the molecule is O=c1ccn(-c2cc(CO)cc(CO)c2)c(=O)[nH]1. The molecule has 0 bridgehead atoms. The van der Waals surface area contributed by atoms with Crippen molar-refractivity contribution >= 4 is 0 Å². The van der Waals surface area contributed by atoms with Gasteiger partial charge < -0.3 is 10.2 Å². The highest BCUT2D eigenvalue weighted by molar-refractivity contribution is 5.39. The molecule has 1 aromatic carbocycles. The summed E-state index contributed by atoms with van der Waals surface area (Å²) in [5.41, 5.74) is 0.592. The maximum absolute atomic E-state index is 11.6. The predicted octanol–water partition coefficient (Wildman–Crippen LogP) is -0.490. The molecule has 0 aliphatic carbocycles. The first-order chi connectivity index (χ1) is 8.63. The van der Waals surface area contributed by atoms with Gasteiger partial charge in [0.2, 0.25) is 0 Å². The summed E-state index contributed by atoms with van der Waals surface area (Å²) in [5, 5.41) is 18.2. The smallest absolute Gasteiger partial charge is 0.332 e. The summed E-state index contributed by atoms with van der Waals surface area (Å²) in [4.78, 5) is 24.7. The summed E-state index contributed by atoms with van der Waals surface area (Å²) in [6.45, 7) is -0.391. The van der Waals surface area contributed by atoms with Gasteiger partial charge in [0.05, 0.1) is 18.9 Å². The second-order valence-electron chi connectivity index (χ2n) is 3.80. The minimum absolute atomic E-state index is 0.195. The lowest BCUT2D eigenvalue weighted by Crippen LogP contribution is -2.27. The number of aliphatic hydroxyl groups is 2. The number of aromatic nitrogens is 2. The van der Waals surface area contributed by atoms with E-state index in [1.54, 1.807) is 18.2 Å². The van der Waals surface area contributed by atoms with Crippen LogP contribution in [0.4, 0.5) is 0 Å². The summed E-state index contributed by atoms with van der Waals surface area (Å²) in [5.74, 6) is 0. The first-order valence-electron chi connectivity index (χ1n) is 5.31. The monoisotopic (exact) mass is 248 g/mol. The van der Waals surface area contributed by atoms with E-state index in [9.17, 15) is 9.59 Å². The van der Waals surface area contributed by atoms with Crippen LogP contribution < -0.4 is 11.2 Å². The van der Waals surface area contributed by atoms with E-state index in [4.69, 9.17) is 10.2 Å². The number of rotatable bonds is 3. The molecule has 6 nitrogen and oxygen atoms in total. The zero-order valence-electron chi connectivity index (χ0n) is 9.46. The highest BCUT2D eigenvalue weighted by Gasteiger charge is 2.04. The topological polar surface area (TPSA) is 95.3 Å². The van der Waals surface area contributed by atoms with Crippen LogP contribution in [0.2, 0.25) is 0 Å². The standard InChI is InChI=1S/C12H12N2O4/c15-6-8-3-9(7-16)5-10(4-8)14-2-1-11(17)13-12(14)18/h1-5,15-16H,6-7H2,(H,13,17,18). The van der Waals surface area contributed by atoms with Crippen molar-refractivity contribution in [1.29, 1.82) is 0 Å². The van der Waals surface area contributed by atoms with Gasteiger partial charge in [-0.3, -0.25) is 14.3 Å². The number of H-pyrrole nitrogens is 1. The van der Waals surface area contributed by atoms with E-state index in [-0.39, 0.29) is 13.2 Å². The van der Waals surface area contributed by atoms with Crippen LogP contribution in [-0.4, -0.2) is 19.8 Å². The highest BCUT2D eigenvalue weighted by Crippen LogP contribution is 2.13. The van der Waals surface area contributed by atoms with Crippen molar-refractivity contribution in [3.8, 4) is 5.69 Å². The Balaban J connectivity index is 2.62. The van der Waals surface area contributed by atoms with Gasteiger partial charge >= 0.3 is 5.69 Å². The van der Waals surface area contributed by atoms with Gasteiger partial charge in [-0.25, -0.2) is 4.79 Å². The molecule has 2 rings (SSSR count). The third kappa shape index (κ3) is 2.39. The maximum atomic E-state index is 11.6. The van der Waals surface area contributed by atoms with Crippen molar-refractivity contribution < 1.29 is 10.2 Å². The predicted molar refractivity (Wildman–Crippen MR) is 64.5 cm³/mol. The molecule has 0 aliphatic rings. The lowest BCUT2D eigenvalue weighted by molar-refractivity contribution is 0.275. The van der Waals surface area contributed by atoms with E-state index in [0.29, 0.717) is 16.8 Å². The van der Waals surface area contributed by atoms with Gasteiger partial charge in [-0.1, -0.05) is 6.07 Å². The molecule has 0 unspecified atom stereocenters. The Morgan fingerprint density at radius 3 is 2.17 bits per heavy atom. The van der Waals surface area contributed by atoms with Gasteiger partial charge in [0.15, 0.2) is 0 Å². The van der Waals surface area contributed by atoms with Crippen LogP contribution in [0.15, 0.2) is 40.1 Å². The fourth-order valence-corrected chi connectivity index (χ4v) is 1.69. The van der Waals surface area contributed by atoms with E-state index < -0.39 is 11.2 Å². The van der Waals surface area contributed by atoms with Crippen molar-refractivity contribution in [2.24, 2.45) is 0 Å². The van der Waals surface area contributed by atoms with Gasteiger partial charge in [-0.2, -0.15) is 0 Å². The number of aliphatic hydroxyl groups excluding tert-OH is 2. The zero-order chi connectivity index (χ0) is 13.1. The summed E-state index contributed by atoms with van der Waals surface area (Å²) in [7, 11) is 0. The van der Waals surface area contributed by atoms with Gasteiger partial charge in [0, 0.05) is 12.3 Å². The Morgan fingerprint density at radius 1 is 1.06 bits per heavy atom. The highest BCUT2D eigenvalue weighted by atomic mass is 16.3. The molecule has 0 saturated heterocycles. The van der Waals surface area contributed by atoms with E-state index in [0.717, 1.165) is 0 Å². The van der Waals surface area contributed by atoms with Crippen LogP contribution in [0.25, 0.3) is 5.69 Å². The van der Waals surface area contributed by atoms with Crippen molar-refractivity contribution in [2.75, 3.05) is 0 Å². The minimum Gasteiger partial charge on any atom is -0.392 e. The normalized spacial score (nSPS) is 10.6. The van der Waals surface area contributed by atoms with Gasteiger partial charge in [0.1, 0.15) is 0 Å². The average Bonchev–Trinajstić information content (AvgIpc) is 2.38. The third-order valence-electron chi connectivity index (χ3n) is 2.50. The van der Waals surface area contributed by atoms with E-state index in [1.807, 2.05) is 0 Å². The third-order valence-corrected chi connectivity index (χ3v) is 2.50. The lowest BCUT2D eigenvalue weighted by atomic mass is 10.1. The molecule has 94 valence electrons. The summed E-state index contributed by atoms with van der Waals surface area (Å²) < 4.78 is 1.24. The van der Waals surface area contributed by atoms with E-state index in [2.05, 4.69) is 4.98 Å². The molecule has 0 radical (unpaired) electrons. The fourth-order valence-electron chi connectivity index (χ4n) is 1.69. The van der Waals surface area contributed by atoms with Crippen LogP contribution in [0, 0.1) is 0 Å². The molecule has 0 fully saturated rings. The van der Waals surface area contributed by atoms with Gasteiger partial charge in [-0.15, -0.1) is 0 Å². The molecule has 1 aromatic heterocycles. The van der Waals surface area contributed by atoms with Gasteiger partial charge in [-0.05, 0) is 23.3 Å². The molecule has 0 aliphatic heterocycles. The molecule has 0 amide bonds. The van der Waals surface area contributed by atoms with Crippen LogP contribution in [0.3, 0.4) is 0 Å². The molecular formula is C12H12N2O4. The molecule has 0 atom stereocenters. The Bertz CT molecular complexity index is 650. The van der Waals surface area contributed by atoms with Crippen molar-refractivity contribution in [2.45, 2.75) is 13.2 Å². The van der Waals surface area contributed by atoms with Crippen LogP contribution >= 0.6 is 0 Å². The first-order valence-corrected chi connectivity index (χ1v) is 5.31.